The molecule has 0 spiro atoms. The molecule has 1 aliphatic rings. The highest BCUT2D eigenvalue weighted by atomic mass is 16.6. The van der Waals surface area contributed by atoms with Gasteiger partial charge in [-0.1, -0.05) is 6.07 Å². The first-order valence-corrected chi connectivity index (χ1v) is 12.1. The number of rotatable bonds is 6. The summed E-state index contributed by atoms with van der Waals surface area (Å²) in [6, 6.07) is 17.4. The molecule has 0 amide bonds. The number of benzene rings is 3. The molecule has 0 aliphatic carbocycles. The molecule has 3 aromatic carbocycles. The summed E-state index contributed by atoms with van der Waals surface area (Å²) in [5.41, 5.74) is 2.33. The van der Waals surface area contributed by atoms with Crippen molar-refractivity contribution in [3.8, 4) is 17.2 Å². The van der Waals surface area contributed by atoms with E-state index in [-0.39, 0.29) is 12.3 Å². The minimum atomic E-state index is -0.428. The number of hydrogen-bond donors (Lipinski definition) is 1. The Morgan fingerprint density at radius 3 is 2.32 bits per heavy atom. The average Bonchev–Trinajstić information content (AvgIpc) is 2.92. The van der Waals surface area contributed by atoms with E-state index in [4.69, 9.17) is 23.7 Å². The van der Waals surface area contributed by atoms with Gasteiger partial charge < -0.3 is 29.0 Å². The number of nitro benzene ring substituents is 1. The molecular formula is C27H26N4O7. The Labute approximate surface area is 218 Å². The van der Waals surface area contributed by atoms with Crippen LogP contribution in [-0.2, 0) is 16.1 Å². The van der Waals surface area contributed by atoms with Crippen molar-refractivity contribution in [2.45, 2.75) is 6.61 Å². The molecule has 1 aliphatic heterocycles. The highest BCUT2D eigenvalue weighted by Gasteiger charge is 2.14. The van der Waals surface area contributed by atoms with E-state index >= 15 is 0 Å². The third-order valence-corrected chi connectivity index (χ3v) is 5.69. The second kappa shape index (κ2) is 12.2. The summed E-state index contributed by atoms with van der Waals surface area (Å²) in [6.07, 6.45) is 1.49. The molecule has 38 heavy (non-hydrogen) atoms. The maximum atomic E-state index is 10.8. The average molecular weight is 519 g/mol. The lowest BCUT2D eigenvalue weighted by Gasteiger charge is -2.17. The zero-order valence-electron chi connectivity index (χ0n) is 20.5. The Balaban J connectivity index is 1.33. The molecule has 1 N–H and O–H groups in total. The molecule has 0 saturated carbocycles. The number of aromatic nitrogens is 2. The Kier molecular flexibility index (Phi) is 8.07. The van der Waals surface area contributed by atoms with E-state index in [2.05, 4.69) is 15.3 Å². The van der Waals surface area contributed by atoms with Crippen molar-refractivity contribution in [1.29, 1.82) is 0 Å². The van der Waals surface area contributed by atoms with Gasteiger partial charge in [-0.25, -0.2) is 9.97 Å². The molecule has 196 valence electrons. The SMILES string of the molecule is O=[N+]([O-])c1ccc(COc2cccc(Nc3ncnc4cc5c(cc34)OCCOCCOCCO5)c2)cc1. The molecule has 0 radical (unpaired) electrons. The van der Waals surface area contributed by atoms with E-state index in [1.54, 1.807) is 12.1 Å². The van der Waals surface area contributed by atoms with Crippen LogP contribution in [0.25, 0.3) is 10.9 Å². The van der Waals surface area contributed by atoms with Crippen LogP contribution in [0, 0.1) is 10.1 Å². The largest absolute Gasteiger partial charge is 0.489 e. The first kappa shape index (κ1) is 25.2. The Morgan fingerprint density at radius 2 is 1.58 bits per heavy atom. The van der Waals surface area contributed by atoms with Crippen LogP contribution in [0.2, 0.25) is 0 Å². The van der Waals surface area contributed by atoms with Crippen LogP contribution in [0.4, 0.5) is 17.2 Å². The third kappa shape index (κ3) is 6.44. The summed E-state index contributed by atoms with van der Waals surface area (Å²) < 4.78 is 28.8. The predicted octanol–water partition coefficient (Wildman–Crippen LogP) is 4.67. The first-order valence-electron chi connectivity index (χ1n) is 12.1. The van der Waals surface area contributed by atoms with Gasteiger partial charge in [0, 0.05) is 35.3 Å². The first-order chi connectivity index (χ1) is 18.7. The standard InChI is InChI=1S/C27H26N4O7/c32-31(33)21-6-4-19(5-7-21)17-38-22-3-1-2-20(14-22)30-27-23-15-25-26(16-24(23)28-18-29-27)37-13-11-35-9-8-34-10-12-36-25/h1-7,14-16,18H,8-13,17H2,(H,28,29,30). The Hall–Kier alpha value is -4.48. The second-order valence-electron chi connectivity index (χ2n) is 8.33. The molecule has 0 atom stereocenters. The molecular weight excluding hydrogens is 492 g/mol. The minimum Gasteiger partial charge on any atom is -0.489 e. The molecule has 4 aromatic rings. The highest BCUT2D eigenvalue weighted by molar-refractivity contribution is 5.93. The van der Waals surface area contributed by atoms with E-state index in [9.17, 15) is 10.1 Å². The van der Waals surface area contributed by atoms with E-state index in [1.807, 2.05) is 36.4 Å². The molecule has 0 bridgehead atoms. The highest BCUT2D eigenvalue weighted by Crippen LogP contribution is 2.35. The van der Waals surface area contributed by atoms with Crippen LogP contribution < -0.4 is 19.5 Å². The van der Waals surface area contributed by atoms with Crippen molar-refractivity contribution in [2.75, 3.05) is 45.0 Å². The molecule has 1 aromatic heterocycles. The number of anilines is 2. The van der Waals surface area contributed by atoms with E-state index in [1.165, 1.54) is 18.5 Å². The Bertz CT molecular complexity index is 1400. The van der Waals surface area contributed by atoms with Crippen molar-refractivity contribution in [1.82, 2.24) is 9.97 Å². The van der Waals surface area contributed by atoms with Crippen LogP contribution in [0.5, 0.6) is 17.2 Å². The van der Waals surface area contributed by atoms with Crippen LogP contribution in [0.15, 0.2) is 67.0 Å². The van der Waals surface area contributed by atoms with Gasteiger partial charge in [-0.2, -0.15) is 0 Å². The van der Waals surface area contributed by atoms with Crippen LogP contribution in [0.3, 0.4) is 0 Å². The molecule has 11 nitrogen and oxygen atoms in total. The zero-order valence-corrected chi connectivity index (χ0v) is 20.5. The second-order valence-corrected chi connectivity index (χ2v) is 8.33. The van der Waals surface area contributed by atoms with Gasteiger partial charge in [-0.3, -0.25) is 10.1 Å². The van der Waals surface area contributed by atoms with Gasteiger partial charge in [-0.15, -0.1) is 0 Å². The van der Waals surface area contributed by atoms with Crippen molar-refractivity contribution in [3.63, 3.8) is 0 Å². The number of nitro groups is 1. The fourth-order valence-electron chi connectivity index (χ4n) is 3.81. The molecule has 5 rings (SSSR count). The van der Waals surface area contributed by atoms with Crippen molar-refractivity contribution in [2.24, 2.45) is 0 Å². The predicted molar refractivity (Wildman–Crippen MR) is 139 cm³/mol. The monoisotopic (exact) mass is 518 g/mol. The number of hydrogen-bond acceptors (Lipinski definition) is 10. The third-order valence-electron chi connectivity index (χ3n) is 5.69. The van der Waals surface area contributed by atoms with Crippen LogP contribution >= 0.6 is 0 Å². The van der Waals surface area contributed by atoms with E-state index in [0.29, 0.717) is 68.2 Å². The summed E-state index contributed by atoms with van der Waals surface area (Å²) in [7, 11) is 0. The van der Waals surface area contributed by atoms with Gasteiger partial charge in [-0.05, 0) is 35.9 Å². The molecule has 0 unspecified atom stereocenters. The maximum absolute atomic E-state index is 10.8. The van der Waals surface area contributed by atoms with Gasteiger partial charge >= 0.3 is 0 Å². The lowest BCUT2D eigenvalue weighted by molar-refractivity contribution is -0.384. The van der Waals surface area contributed by atoms with Crippen LogP contribution in [0.1, 0.15) is 5.56 Å². The number of ether oxygens (including phenoxy) is 5. The summed E-state index contributed by atoms with van der Waals surface area (Å²) in [5.74, 6) is 2.38. The van der Waals surface area contributed by atoms with Crippen molar-refractivity contribution >= 4 is 28.1 Å². The maximum Gasteiger partial charge on any atom is 0.269 e. The van der Waals surface area contributed by atoms with Gasteiger partial charge in [0.2, 0.25) is 0 Å². The van der Waals surface area contributed by atoms with Gasteiger partial charge in [0.25, 0.3) is 5.69 Å². The molecule has 2 heterocycles. The quantitative estimate of drug-likeness (QED) is 0.284. The van der Waals surface area contributed by atoms with Crippen molar-refractivity contribution < 1.29 is 28.6 Å². The summed E-state index contributed by atoms with van der Waals surface area (Å²) in [5, 5.41) is 14.9. The summed E-state index contributed by atoms with van der Waals surface area (Å²) in [6.45, 7) is 2.92. The fraction of sp³-hybridized carbons (Fsp3) is 0.259. The number of non-ortho nitro benzene ring substituents is 1. The molecule has 0 saturated heterocycles. The number of nitrogens with one attached hydrogen (secondary N) is 1. The Morgan fingerprint density at radius 1 is 0.868 bits per heavy atom. The van der Waals surface area contributed by atoms with Gasteiger partial charge in [0.05, 0.1) is 36.9 Å². The molecule has 11 heteroatoms. The summed E-state index contributed by atoms with van der Waals surface area (Å²) >= 11 is 0. The lowest BCUT2D eigenvalue weighted by atomic mass is 10.2. The van der Waals surface area contributed by atoms with E-state index in [0.717, 1.165) is 16.6 Å². The molecule has 0 fully saturated rings. The number of nitrogens with zero attached hydrogens (tertiary/aromatic N) is 3. The fourth-order valence-corrected chi connectivity index (χ4v) is 3.81. The zero-order chi connectivity index (χ0) is 26.2. The summed E-state index contributed by atoms with van der Waals surface area (Å²) in [4.78, 5) is 19.3. The van der Waals surface area contributed by atoms with Crippen molar-refractivity contribution in [3.05, 3.63) is 82.7 Å². The normalized spacial score (nSPS) is 14.2. The van der Waals surface area contributed by atoms with Gasteiger partial charge in [0.1, 0.15) is 37.7 Å². The smallest absolute Gasteiger partial charge is 0.269 e. The van der Waals surface area contributed by atoms with E-state index < -0.39 is 4.92 Å². The topological polar surface area (TPSA) is 127 Å². The van der Waals surface area contributed by atoms with Gasteiger partial charge in [0.15, 0.2) is 11.5 Å². The minimum absolute atomic E-state index is 0.0424. The lowest BCUT2D eigenvalue weighted by Crippen LogP contribution is -2.15. The number of fused-ring (bicyclic) bond motifs is 2. The van der Waals surface area contributed by atoms with Crippen LogP contribution in [-0.4, -0.2) is 54.5 Å².